The number of likely N-dealkylation sites (tertiary alicyclic amines) is 1. The molecule has 30 heavy (non-hydrogen) atoms. The van der Waals surface area contributed by atoms with Crippen LogP contribution in [0.25, 0.3) is 16.4 Å². The number of benzene rings is 1. The van der Waals surface area contributed by atoms with Gasteiger partial charge >= 0.3 is 5.97 Å². The molecule has 1 amide bonds. The fourth-order valence-electron chi connectivity index (χ4n) is 3.52. The normalized spacial score (nSPS) is 16.5. The minimum absolute atomic E-state index is 0.000997. The van der Waals surface area contributed by atoms with Crippen molar-refractivity contribution < 1.29 is 18.7 Å². The van der Waals surface area contributed by atoms with Gasteiger partial charge in [-0.1, -0.05) is 6.07 Å². The molecule has 4 rings (SSSR count). The first-order valence-corrected chi connectivity index (χ1v) is 10.7. The number of amides is 1. The van der Waals surface area contributed by atoms with E-state index in [4.69, 9.17) is 4.74 Å². The van der Waals surface area contributed by atoms with Gasteiger partial charge in [0.2, 0.25) is 5.82 Å². The zero-order valence-corrected chi connectivity index (χ0v) is 17.3. The largest absolute Gasteiger partial charge is 0.464 e. The highest BCUT2D eigenvalue weighted by Crippen LogP contribution is 2.27. The maximum Gasteiger partial charge on any atom is 0.328 e. The highest BCUT2D eigenvalue weighted by atomic mass is 32.1. The zero-order valence-electron chi connectivity index (χ0n) is 16.5. The van der Waals surface area contributed by atoms with E-state index in [1.165, 1.54) is 33.1 Å². The number of aromatic nitrogens is 3. The molecular weight excluding hydrogens is 407 g/mol. The van der Waals surface area contributed by atoms with E-state index < -0.39 is 17.9 Å². The summed E-state index contributed by atoms with van der Waals surface area (Å²) in [7, 11) is 0. The van der Waals surface area contributed by atoms with E-state index in [2.05, 4.69) is 10.1 Å². The maximum atomic E-state index is 13.4. The Morgan fingerprint density at radius 3 is 2.73 bits per heavy atom. The molecule has 0 aliphatic carbocycles. The van der Waals surface area contributed by atoms with Crippen LogP contribution in [0.3, 0.4) is 0 Å². The van der Waals surface area contributed by atoms with Gasteiger partial charge in [0.1, 0.15) is 11.9 Å². The second-order valence-corrected chi connectivity index (χ2v) is 7.83. The van der Waals surface area contributed by atoms with Crippen molar-refractivity contribution >= 4 is 23.2 Å². The Hall–Kier alpha value is -3.07. The number of piperidine rings is 1. The van der Waals surface area contributed by atoms with Crippen molar-refractivity contribution in [1.82, 2.24) is 19.7 Å². The van der Waals surface area contributed by atoms with Gasteiger partial charge in [-0.3, -0.25) is 4.79 Å². The monoisotopic (exact) mass is 428 g/mol. The zero-order chi connectivity index (χ0) is 21.1. The summed E-state index contributed by atoms with van der Waals surface area (Å²) in [6.45, 7) is 2.45. The summed E-state index contributed by atoms with van der Waals surface area (Å²) < 4.78 is 20.1. The molecule has 9 heteroatoms. The van der Waals surface area contributed by atoms with Crippen molar-refractivity contribution in [1.29, 1.82) is 0 Å². The van der Waals surface area contributed by atoms with Gasteiger partial charge in [-0.2, -0.15) is 0 Å². The van der Waals surface area contributed by atoms with Gasteiger partial charge in [0.15, 0.2) is 5.82 Å². The van der Waals surface area contributed by atoms with Crippen molar-refractivity contribution in [3.05, 3.63) is 53.4 Å². The Bertz CT molecular complexity index is 1030. The molecule has 1 aromatic carbocycles. The molecule has 1 atom stereocenters. The molecule has 0 saturated carbocycles. The summed E-state index contributed by atoms with van der Waals surface area (Å²) in [5.74, 6) is -0.685. The fourth-order valence-corrected chi connectivity index (χ4v) is 4.22. The summed E-state index contributed by atoms with van der Waals surface area (Å²) in [5, 5.41) is 6.33. The lowest BCUT2D eigenvalue weighted by atomic mass is 10.0. The Balaban J connectivity index is 1.71. The lowest BCUT2D eigenvalue weighted by Crippen LogP contribution is -2.49. The number of esters is 1. The average molecular weight is 428 g/mol. The highest BCUT2D eigenvalue weighted by Gasteiger charge is 2.35. The maximum absolute atomic E-state index is 13.4. The topological polar surface area (TPSA) is 77.3 Å². The third-order valence-corrected chi connectivity index (χ3v) is 5.80. The smallest absolute Gasteiger partial charge is 0.328 e. The molecule has 156 valence electrons. The first kappa shape index (κ1) is 20.2. The van der Waals surface area contributed by atoms with E-state index in [1.54, 1.807) is 19.1 Å². The molecule has 0 bridgehead atoms. The molecule has 1 unspecified atom stereocenters. The standard InChI is InChI=1S/C21H21FN4O3S/c1-2-29-21(28)16-6-3-4-12-25(16)20(27)18-23-19(17-7-5-13-30-17)26(24-18)15-10-8-14(22)9-11-15/h5,7-11,13,16H,2-4,6,12H2,1H3. The molecule has 1 saturated heterocycles. The number of thiophene rings is 1. The molecular formula is C21H21FN4O3S. The summed E-state index contributed by atoms with van der Waals surface area (Å²) >= 11 is 1.46. The Labute approximate surface area is 177 Å². The number of carbonyl (C=O) groups is 2. The van der Waals surface area contributed by atoms with Crippen molar-refractivity contribution in [3.8, 4) is 16.4 Å². The van der Waals surface area contributed by atoms with Crippen LogP contribution in [0.1, 0.15) is 36.8 Å². The summed E-state index contributed by atoms with van der Waals surface area (Å²) in [6.07, 6.45) is 2.21. The minimum atomic E-state index is -0.630. The summed E-state index contributed by atoms with van der Waals surface area (Å²) in [6, 6.07) is 8.96. The molecule has 3 aromatic rings. The molecule has 1 aliphatic rings. The number of hydrogen-bond acceptors (Lipinski definition) is 6. The van der Waals surface area contributed by atoms with E-state index >= 15 is 0 Å². The van der Waals surface area contributed by atoms with E-state index in [0.717, 1.165) is 17.7 Å². The van der Waals surface area contributed by atoms with Gasteiger partial charge in [0, 0.05) is 6.54 Å². The van der Waals surface area contributed by atoms with Crippen LogP contribution >= 0.6 is 11.3 Å². The molecule has 7 nitrogen and oxygen atoms in total. The molecule has 2 aromatic heterocycles. The van der Waals surface area contributed by atoms with Gasteiger partial charge in [0.05, 0.1) is 17.2 Å². The number of halogens is 1. The first-order chi connectivity index (χ1) is 14.6. The lowest BCUT2D eigenvalue weighted by Gasteiger charge is -2.33. The third-order valence-electron chi connectivity index (χ3n) is 4.93. The first-order valence-electron chi connectivity index (χ1n) is 9.83. The van der Waals surface area contributed by atoms with Crippen LogP contribution in [0, 0.1) is 5.82 Å². The number of carbonyl (C=O) groups excluding carboxylic acids is 2. The second kappa shape index (κ2) is 8.74. The Morgan fingerprint density at radius 2 is 2.03 bits per heavy atom. The lowest BCUT2D eigenvalue weighted by molar-refractivity contribution is -0.149. The van der Waals surface area contributed by atoms with Crippen molar-refractivity contribution in [2.24, 2.45) is 0 Å². The highest BCUT2D eigenvalue weighted by molar-refractivity contribution is 7.13. The van der Waals surface area contributed by atoms with E-state index in [9.17, 15) is 14.0 Å². The molecule has 0 radical (unpaired) electrons. The van der Waals surface area contributed by atoms with Crippen LogP contribution in [-0.4, -0.2) is 50.7 Å². The van der Waals surface area contributed by atoms with Gasteiger partial charge in [-0.25, -0.2) is 18.9 Å². The molecule has 3 heterocycles. The van der Waals surface area contributed by atoms with Crippen LogP contribution in [0.15, 0.2) is 41.8 Å². The van der Waals surface area contributed by atoms with Crippen molar-refractivity contribution in [2.75, 3.05) is 13.2 Å². The van der Waals surface area contributed by atoms with Gasteiger partial charge < -0.3 is 9.64 Å². The van der Waals surface area contributed by atoms with Crippen LogP contribution in [0.4, 0.5) is 4.39 Å². The number of nitrogens with zero attached hydrogens (tertiary/aromatic N) is 4. The van der Waals surface area contributed by atoms with E-state index in [1.807, 2.05) is 17.5 Å². The second-order valence-electron chi connectivity index (χ2n) is 6.89. The molecule has 1 aliphatic heterocycles. The predicted octanol–water partition coefficient (Wildman–Crippen LogP) is 3.69. The van der Waals surface area contributed by atoms with Gasteiger partial charge in [-0.05, 0) is 61.9 Å². The van der Waals surface area contributed by atoms with Crippen LogP contribution in [0.5, 0.6) is 0 Å². The van der Waals surface area contributed by atoms with Crippen LogP contribution in [0.2, 0.25) is 0 Å². The fraction of sp³-hybridized carbons (Fsp3) is 0.333. The number of rotatable bonds is 5. The number of ether oxygens (including phenoxy) is 1. The number of hydrogen-bond donors (Lipinski definition) is 0. The predicted molar refractivity (Wildman–Crippen MR) is 110 cm³/mol. The summed E-state index contributed by atoms with van der Waals surface area (Å²) in [5.41, 5.74) is 0.590. The summed E-state index contributed by atoms with van der Waals surface area (Å²) in [4.78, 5) is 32.4. The van der Waals surface area contributed by atoms with Gasteiger partial charge in [0.25, 0.3) is 5.91 Å². The molecule has 1 fully saturated rings. The van der Waals surface area contributed by atoms with Gasteiger partial charge in [-0.15, -0.1) is 16.4 Å². The van der Waals surface area contributed by atoms with Crippen molar-refractivity contribution in [2.45, 2.75) is 32.2 Å². The van der Waals surface area contributed by atoms with Crippen LogP contribution in [-0.2, 0) is 9.53 Å². The Kier molecular flexibility index (Phi) is 5.89. The SMILES string of the molecule is CCOC(=O)C1CCCCN1C(=O)c1nc(-c2cccs2)n(-c2ccc(F)cc2)n1. The van der Waals surface area contributed by atoms with Crippen LogP contribution < -0.4 is 0 Å². The quantitative estimate of drug-likeness (QED) is 0.579. The Morgan fingerprint density at radius 1 is 1.23 bits per heavy atom. The van der Waals surface area contributed by atoms with Crippen molar-refractivity contribution in [3.63, 3.8) is 0 Å². The van der Waals surface area contributed by atoms with E-state index in [0.29, 0.717) is 24.5 Å². The molecule has 0 spiro atoms. The average Bonchev–Trinajstić information content (AvgIpc) is 3.44. The third kappa shape index (κ3) is 3.97. The molecule has 0 N–H and O–H groups in total. The van der Waals surface area contributed by atoms with E-state index in [-0.39, 0.29) is 18.2 Å². The minimum Gasteiger partial charge on any atom is -0.464 e.